The Hall–Kier alpha value is -1.20. The number of nitrogens with zero attached hydrogens (tertiary/aromatic N) is 2. The van der Waals surface area contributed by atoms with E-state index in [4.69, 9.17) is 0 Å². The van der Waals surface area contributed by atoms with Crippen LogP contribution in [0.25, 0.3) is 0 Å². The lowest BCUT2D eigenvalue weighted by Crippen LogP contribution is -2.50. The predicted octanol–water partition coefficient (Wildman–Crippen LogP) is 3.89. The van der Waals surface area contributed by atoms with Crippen LogP contribution in [0.2, 0.25) is 0 Å². The smallest absolute Gasteiger partial charge is 0.320 e. The molecular formula is C18H27N3OS. The summed E-state index contributed by atoms with van der Waals surface area (Å²) in [5.74, 6) is 0. The van der Waals surface area contributed by atoms with Crippen LogP contribution in [-0.4, -0.2) is 54.3 Å². The molecule has 1 atom stereocenters. The van der Waals surface area contributed by atoms with E-state index in [1.807, 2.05) is 12.1 Å². The topological polar surface area (TPSA) is 35.6 Å². The van der Waals surface area contributed by atoms with Crippen molar-refractivity contribution in [3.8, 4) is 0 Å². The lowest BCUT2D eigenvalue weighted by molar-refractivity contribution is 0.136. The minimum atomic E-state index is 0.0609. The van der Waals surface area contributed by atoms with Gasteiger partial charge >= 0.3 is 6.03 Å². The Morgan fingerprint density at radius 3 is 2.52 bits per heavy atom. The van der Waals surface area contributed by atoms with Gasteiger partial charge < -0.3 is 15.1 Å². The number of hydrogen-bond donors (Lipinski definition) is 1. The second-order valence-corrected chi connectivity index (χ2v) is 7.39. The molecule has 2 aliphatic heterocycles. The van der Waals surface area contributed by atoms with Crippen LogP contribution in [0.4, 0.5) is 10.5 Å². The lowest BCUT2D eigenvalue weighted by Gasteiger charge is -2.37. The monoisotopic (exact) mass is 333 g/mol. The number of nitrogens with one attached hydrogen (secondary N) is 1. The van der Waals surface area contributed by atoms with Crippen LogP contribution in [0.15, 0.2) is 29.2 Å². The number of urea groups is 1. The number of benzene rings is 1. The Balaban J connectivity index is 1.60. The number of carbonyl (C=O) groups excluding carboxylic acids is 1. The van der Waals surface area contributed by atoms with Crippen molar-refractivity contribution in [2.45, 2.75) is 43.0 Å². The normalized spacial score (nSPS) is 22.3. The molecule has 0 aromatic heterocycles. The number of hydrogen-bond acceptors (Lipinski definition) is 3. The van der Waals surface area contributed by atoms with Crippen LogP contribution >= 0.6 is 11.8 Å². The summed E-state index contributed by atoms with van der Waals surface area (Å²) in [6.45, 7) is 4.32. The molecule has 2 aliphatic rings. The summed E-state index contributed by atoms with van der Waals surface area (Å²) in [4.78, 5) is 18.5. The van der Waals surface area contributed by atoms with Crippen molar-refractivity contribution in [2.75, 3.05) is 37.8 Å². The summed E-state index contributed by atoms with van der Waals surface area (Å²) in [6, 6.07) is 8.51. The molecule has 126 valence electrons. The molecular weight excluding hydrogens is 306 g/mol. The molecule has 1 N–H and O–H groups in total. The third-order valence-corrected chi connectivity index (χ3v) is 5.64. The van der Waals surface area contributed by atoms with Crippen molar-refractivity contribution < 1.29 is 4.79 Å². The highest BCUT2D eigenvalue weighted by atomic mass is 32.2. The van der Waals surface area contributed by atoms with E-state index in [1.54, 1.807) is 11.8 Å². The van der Waals surface area contributed by atoms with E-state index in [0.29, 0.717) is 6.04 Å². The van der Waals surface area contributed by atoms with Gasteiger partial charge in [0.05, 0.1) is 0 Å². The number of anilines is 1. The Bertz CT molecular complexity index is 514. The third-order valence-electron chi connectivity index (χ3n) is 4.90. The second-order valence-electron chi connectivity index (χ2n) is 6.51. The molecule has 1 aromatic carbocycles. The molecule has 3 rings (SSSR count). The first-order chi connectivity index (χ1) is 11.3. The number of piperidine rings is 1. The number of thioether (sulfide) groups is 1. The molecule has 2 saturated heterocycles. The number of likely N-dealkylation sites (tertiary alicyclic amines) is 2. The molecule has 0 saturated carbocycles. The van der Waals surface area contributed by atoms with Crippen LogP contribution in [-0.2, 0) is 0 Å². The van der Waals surface area contributed by atoms with Gasteiger partial charge in [0.15, 0.2) is 0 Å². The Kier molecular flexibility index (Phi) is 5.84. The molecule has 0 aliphatic carbocycles. The maximum absolute atomic E-state index is 12.7. The summed E-state index contributed by atoms with van der Waals surface area (Å²) in [5, 5.41) is 3.08. The molecule has 2 heterocycles. The van der Waals surface area contributed by atoms with E-state index in [1.165, 1.54) is 37.2 Å². The summed E-state index contributed by atoms with van der Waals surface area (Å²) >= 11 is 1.71. The molecule has 0 radical (unpaired) electrons. The lowest BCUT2D eigenvalue weighted by atomic mass is 10.0. The van der Waals surface area contributed by atoms with Gasteiger partial charge in [-0.3, -0.25) is 0 Å². The van der Waals surface area contributed by atoms with Crippen molar-refractivity contribution in [2.24, 2.45) is 0 Å². The summed E-state index contributed by atoms with van der Waals surface area (Å²) in [7, 11) is 0. The number of rotatable bonds is 4. The molecule has 23 heavy (non-hydrogen) atoms. The maximum Gasteiger partial charge on any atom is 0.322 e. The molecule has 2 amide bonds. The van der Waals surface area contributed by atoms with Gasteiger partial charge in [-0.1, -0.05) is 0 Å². The molecule has 1 aromatic rings. The molecule has 0 unspecified atom stereocenters. The number of amides is 2. The van der Waals surface area contributed by atoms with E-state index in [0.717, 1.165) is 31.6 Å². The van der Waals surface area contributed by atoms with E-state index in [2.05, 4.69) is 33.5 Å². The van der Waals surface area contributed by atoms with Crippen molar-refractivity contribution in [3.05, 3.63) is 24.3 Å². The zero-order valence-corrected chi connectivity index (χ0v) is 14.8. The SMILES string of the molecule is CSc1ccc(NC(=O)N2CCCC[C@@H]2CN2CCCC2)cc1. The average molecular weight is 334 g/mol. The average Bonchev–Trinajstić information content (AvgIpc) is 3.09. The van der Waals surface area contributed by atoms with Gasteiger partial charge in [-0.2, -0.15) is 0 Å². The van der Waals surface area contributed by atoms with Gasteiger partial charge in [-0.05, 0) is 75.7 Å². The minimum Gasteiger partial charge on any atom is -0.320 e. The van der Waals surface area contributed by atoms with Crippen LogP contribution in [0.3, 0.4) is 0 Å². The zero-order chi connectivity index (χ0) is 16.1. The first-order valence-corrected chi connectivity index (χ1v) is 9.93. The molecule has 4 nitrogen and oxygen atoms in total. The van der Waals surface area contributed by atoms with Crippen LogP contribution in [0.1, 0.15) is 32.1 Å². The third kappa shape index (κ3) is 4.42. The summed E-state index contributed by atoms with van der Waals surface area (Å²) in [5.41, 5.74) is 0.887. The van der Waals surface area contributed by atoms with E-state index in [9.17, 15) is 4.79 Å². The van der Waals surface area contributed by atoms with Crippen LogP contribution < -0.4 is 5.32 Å². The van der Waals surface area contributed by atoms with Crippen molar-refractivity contribution in [1.29, 1.82) is 0 Å². The highest BCUT2D eigenvalue weighted by Gasteiger charge is 2.29. The molecule has 0 bridgehead atoms. The Labute approximate surface area is 143 Å². The first kappa shape index (κ1) is 16.7. The maximum atomic E-state index is 12.7. The van der Waals surface area contributed by atoms with Gasteiger partial charge in [0.2, 0.25) is 0 Å². The van der Waals surface area contributed by atoms with Gasteiger partial charge in [0.25, 0.3) is 0 Å². The predicted molar refractivity (Wildman–Crippen MR) is 97.3 cm³/mol. The second kappa shape index (κ2) is 8.06. The Morgan fingerprint density at radius 2 is 1.83 bits per heavy atom. The van der Waals surface area contributed by atoms with E-state index >= 15 is 0 Å². The van der Waals surface area contributed by atoms with Gasteiger partial charge in [0, 0.05) is 29.7 Å². The van der Waals surface area contributed by atoms with Crippen LogP contribution in [0.5, 0.6) is 0 Å². The highest BCUT2D eigenvalue weighted by Crippen LogP contribution is 2.22. The fourth-order valence-electron chi connectivity index (χ4n) is 3.59. The fraction of sp³-hybridized carbons (Fsp3) is 0.611. The number of carbonyl (C=O) groups is 1. The van der Waals surface area contributed by atoms with Crippen molar-refractivity contribution >= 4 is 23.5 Å². The van der Waals surface area contributed by atoms with E-state index in [-0.39, 0.29) is 6.03 Å². The summed E-state index contributed by atoms with van der Waals surface area (Å²) in [6.07, 6.45) is 8.17. The van der Waals surface area contributed by atoms with Gasteiger partial charge in [-0.15, -0.1) is 11.8 Å². The molecule has 2 fully saturated rings. The van der Waals surface area contributed by atoms with Crippen LogP contribution in [0, 0.1) is 0 Å². The standard InChI is InChI=1S/C18H27N3OS/c1-23-17-9-7-15(8-10-17)19-18(22)21-13-3-2-6-16(21)14-20-11-4-5-12-20/h7-10,16H,2-6,11-14H2,1H3,(H,19,22)/t16-/m1/s1. The molecule has 0 spiro atoms. The fourth-order valence-corrected chi connectivity index (χ4v) is 4.00. The first-order valence-electron chi connectivity index (χ1n) is 8.70. The van der Waals surface area contributed by atoms with Gasteiger partial charge in [-0.25, -0.2) is 4.79 Å². The largest absolute Gasteiger partial charge is 0.322 e. The zero-order valence-electron chi connectivity index (χ0n) is 14.0. The minimum absolute atomic E-state index is 0.0609. The molecule has 5 heteroatoms. The van der Waals surface area contributed by atoms with Crippen molar-refractivity contribution in [3.63, 3.8) is 0 Å². The summed E-state index contributed by atoms with van der Waals surface area (Å²) < 4.78 is 0. The van der Waals surface area contributed by atoms with Crippen molar-refractivity contribution in [1.82, 2.24) is 9.80 Å². The van der Waals surface area contributed by atoms with Gasteiger partial charge in [0.1, 0.15) is 0 Å². The van der Waals surface area contributed by atoms with E-state index < -0.39 is 0 Å². The quantitative estimate of drug-likeness (QED) is 0.849. The highest BCUT2D eigenvalue weighted by molar-refractivity contribution is 7.98. The Morgan fingerprint density at radius 1 is 1.13 bits per heavy atom.